The molecule has 8 heteroatoms. The Labute approximate surface area is 162 Å². The largest absolute Gasteiger partial charge is 0.439 e. The number of nitrogens with one attached hydrogen (secondary N) is 2. The van der Waals surface area contributed by atoms with Crippen molar-refractivity contribution in [1.29, 1.82) is 5.26 Å². The van der Waals surface area contributed by atoms with Crippen molar-refractivity contribution >= 4 is 23.0 Å². The number of nitrogens with zero attached hydrogens (tertiary/aromatic N) is 4. The van der Waals surface area contributed by atoms with E-state index in [1.807, 2.05) is 18.2 Å². The van der Waals surface area contributed by atoms with Gasteiger partial charge in [0, 0.05) is 18.2 Å². The molecule has 1 aliphatic rings. The minimum atomic E-state index is -0.787. The first-order valence-electron chi connectivity index (χ1n) is 9.26. The number of oxazole rings is 1. The summed E-state index contributed by atoms with van der Waals surface area (Å²) < 4.78 is 5.72. The number of anilines is 1. The highest BCUT2D eigenvalue weighted by Crippen LogP contribution is 2.26. The molecule has 142 valence electrons. The van der Waals surface area contributed by atoms with Crippen LogP contribution in [-0.4, -0.2) is 33.4 Å². The summed E-state index contributed by atoms with van der Waals surface area (Å²) in [7, 11) is 0. The molecule has 1 fully saturated rings. The fourth-order valence-corrected chi connectivity index (χ4v) is 3.44. The number of rotatable bonds is 4. The van der Waals surface area contributed by atoms with E-state index in [-0.39, 0.29) is 23.7 Å². The lowest BCUT2D eigenvalue weighted by Crippen LogP contribution is -2.40. The lowest BCUT2D eigenvalue weighted by atomic mass is 9.92. The molecule has 1 amide bonds. The van der Waals surface area contributed by atoms with Gasteiger partial charge in [-0.15, -0.1) is 0 Å². The van der Waals surface area contributed by atoms with E-state index in [0.717, 1.165) is 19.4 Å². The van der Waals surface area contributed by atoms with Crippen LogP contribution in [0.4, 0.5) is 5.95 Å². The van der Waals surface area contributed by atoms with E-state index in [1.165, 1.54) is 6.20 Å². The second-order valence-corrected chi connectivity index (χ2v) is 6.95. The molecule has 2 aromatic heterocycles. The quantitative estimate of drug-likeness (QED) is 0.719. The number of fused-ring (bicyclic) bond motifs is 1. The van der Waals surface area contributed by atoms with Crippen LogP contribution >= 0.6 is 0 Å². The Balaban J connectivity index is 1.55. The molecule has 3 atom stereocenters. The van der Waals surface area contributed by atoms with Crippen LogP contribution in [0, 0.1) is 17.2 Å². The summed E-state index contributed by atoms with van der Waals surface area (Å²) in [6.45, 7) is 2.88. The van der Waals surface area contributed by atoms with Crippen LogP contribution in [0.1, 0.15) is 37.3 Å². The molecule has 3 heterocycles. The summed E-state index contributed by atoms with van der Waals surface area (Å²) in [4.78, 5) is 25.4. The average molecular weight is 376 g/mol. The van der Waals surface area contributed by atoms with Gasteiger partial charge in [0.05, 0.1) is 11.8 Å². The van der Waals surface area contributed by atoms with Crippen LogP contribution in [0.2, 0.25) is 0 Å². The predicted molar refractivity (Wildman–Crippen MR) is 102 cm³/mol. The van der Waals surface area contributed by atoms with Gasteiger partial charge in [-0.25, -0.2) is 15.0 Å². The fourth-order valence-electron chi connectivity index (χ4n) is 3.44. The van der Waals surface area contributed by atoms with Crippen LogP contribution in [0.25, 0.3) is 11.1 Å². The lowest BCUT2D eigenvalue weighted by Gasteiger charge is -2.26. The van der Waals surface area contributed by atoms with Crippen LogP contribution in [0.15, 0.2) is 40.9 Å². The van der Waals surface area contributed by atoms with Crippen molar-refractivity contribution in [3.8, 4) is 6.07 Å². The van der Waals surface area contributed by atoms with E-state index >= 15 is 0 Å². The molecule has 1 aromatic carbocycles. The van der Waals surface area contributed by atoms with Gasteiger partial charge in [0.15, 0.2) is 11.5 Å². The molecule has 2 N–H and O–H groups in total. The molecule has 3 aromatic rings. The minimum absolute atomic E-state index is 0.0766. The highest BCUT2D eigenvalue weighted by molar-refractivity contribution is 5.91. The van der Waals surface area contributed by atoms with Crippen molar-refractivity contribution in [3.05, 3.63) is 48.1 Å². The second-order valence-electron chi connectivity index (χ2n) is 6.95. The maximum atomic E-state index is 12.5. The number of hydrogen-bond acceptors (Lipinski definition) is 7. The summed E-state index contributed by atoms with van der Waals surface area (Å²) >= 11 is 0. The smallest absolute Gasteiger partial charge is 0.229 e. The topological polar surface area (TPSA) is 117 Å². The van der Waals surface area contributed by atoms with Crippen LogP contribution in [-0.2, 0) is 4.79 Å². The molecule has 0 bridgehead atoms. The van der Waals surface area contributed by atoms with Crippen molar-refractivity contribution in [1.82, 2.24) is 20.3 Å². The van der Waals surface area contributed by atoms with Gasteiger partial charge in [0.1, 0.15) is 5.52 Å². The summed E-state index contributed by atoms with van der Waals surface area (Å²) in [5, 5.41) is 15.8. The molecule has 3 unspecified atom stereocenters. The molecule has 0 saturated carbocycles. The zero-order chi connectivity index (χ0) is 19.5. The molecule has 1 aliphatic heterocycles. The second kappa shape index (κ2) is 7.74. The van der Waals surface area contributed by atoms with Crippen molar-refractivity contribution < 1.29 is 9.21 Å². The van der Waals surface area contributed by atoms with Gasteiger partial charge in [0.25, 0.3) is 0 Å². The van der Waals surface area contributed by atoms with Gasteiger partial charge in [-0.05, 0) is 44.5 Å². The van der Waals surface area contributed by atoms with E-state index in [1.54, 1.807) is 12.1 Å². The normalized spacial score (nSPS) is 20.4. The van der Waals surface area contributed by atoms with E-state index in [0.29, 0.717) is 22.8 Å². The third-order valence-electron chi connectivity index (χ3n) is 4.89. The highest BCUT2D eigenvalue weighted by Gasteiger charge is 2.26. The maximum absolute atomic E-state index is 12.5. The van der Waals surface area contributed by atoms with Gasteiger partial charge < -0.3 is 9.73 Å². The minimum Gasteiger partial charge on any atom is -0.439 e. The zero-order valence-corrected chi connectivity index (χ0v) is 15.4. The maximum Gasteiger partial charge on any atom is 0.229 e. The molecule has 0 radical (unpaired) electrons. The lowest BCUT2D eigenvalue weighted by molar-refractivity contribution is -0.120. The summed E-state index contributed by atoms with van der Waals surface area (Å²) in [6, 6.07) is 11.4. The van der Waals surface area contributed by atoms with Gasteiger partial charge in [-0.2, -0.15) is 5.26 Å². The Morgan fingerprint density at radius 3 is 3.00 bits per heavy atom. The number of carbonyl (C=O) groups is 1. The molecule has 0 spiro atoms. The first-order chi connectivity index (χ1) is 13.6. The molecule has 0 aliphatic carbocycles. The Bertz CT molecular complexity index is 1010. The van der Waals surface area contributed by atoms with Gasteiger partial charge in [-0.3, -0.25) is 10.1 Å². The monoisotopic (exact) mass is 376 g/mol. The van der Waals surface area contributed by atoms with Gasteiger partial charge in [0.2, 0.25) is 17.7 Å². The Hall–Kier alpha value is -3.31. The molecule has 1 saturated heterocycles. The van der Waals surface area contributed by atoms with Gasteiger partial charge in [-0.1, -0.05) is 12.1 Å². The summed E-state index contributed by atoms with van der Waals surface area (Å²) in [5.74, 6) is -0.505. The molecule has 28 heavy (non-hydrogen) atoms. The van der Waals surface area contributed by atoms with E-state index in [2.05, 4.69) is 38.6 Å². The number of nitriles is 1. The van der Waals surface area contributed by atoms with Crippen molar-refractivity contribution in [2.75, 3.05) is 11.9 Å². The van der Waals surface area contributed by atoms with E-state index < -0.39 is 5.92 Å². The summed E-state index contributed by atoms with van der Waals surface area (Å²) in [6.07, 6.45) is 3.07. The SMILES string of the molecule is CC1CC(C(=O)Nc2nccc(C(C#N)c3nc4ccccc4o3)n2)CCN1. The first-order valence-corrected chi connectivity index (χ1v) is 9.26. The number of amides is 1. The number of hydrogen-bond donors (Lipinski definition) is 2. The number of benzene rings is 1. The van der Waals surface area contributed by atoms with Crippen molar-refractivity contribution in [3.63, 3.8) is 0 Å². The molecule has 8 nitrogen and oxygen atoms in total. The Morgan fingerprint density at radius 1 is 1.36 bits per heavy atom. The average Bonchev–Trinajstić information content (AvgIpc) is 3.12. The first kappa shape index (κ1) is 18.1. The molecule has 4 rings (SSSR count). The number of piperidine rings is 1. The summed E-state index contributed by atoms with van der Waals surface area (Å²) in [5.41, 5.74) is 1.72. The Kier molecular flexibility index (Phi) is 5.00. The zero-order valence-electron chi connectivity index (χ0n) is 15.4. The molecular weight excluding hydrogens is 356 g/mol. The van der Waals surface area contributed by atoms with E-state index in [4.69, 9.17) is 4.42 Å². The van der Waals surface area contributed by atoms with Crippen molar-refractivity contribution in [2.45, 2.75) is 31.7 Å². The Morgan fingerprint density at radius 2 is 2.21 bits per heavy atom. The van der Waals surface area contributed by atoms with E-state index in [9.17, 15) is 10.1 Å². The highest BCUT2D eigenvalue weighted by atomic mass is 16.3. The number of aromatic nitrogens is 3. The third kappa shape index (κ3) is 3.70. The van der Waals surface area contributed by atoms with Crippen molar-refractivity contribution in [2.24, 2.45) is 5.92 Å². The van der Waals surface area contributed by atoms with Gasteiger partial charge >= 0.3 is 0 Å². The fraction of sp³-hybridized carbons (Fsp3) is 0.350. The van der Waals surface area contributed by atoms with Crippen LogP contribution < -0.4 is 10.6 Å². The number of carbonyl (C=O) groups excluding carboxylic acids is 1. The van der Waals surface area contributed by atoms with Crippen LogP contribution in [0.3, 0.4) is 0 Å². The van der Waals surface area contributed by atoms with Crippen LogP contribution in [0.5, 0.6) is 0 Å². The predicted octanol–water partition coefficient (Wildman–Crippen LogP) is 2.60. The number of para-hydroxylation sites is 2. The molecular formula is C20H20N6O2. The third-order valence-corrected chi connectivity index (χ3v) is 4.89. The standard InChI is InChI=1S/C20H20N6O2/c1-12-10-13(6-8-22-12)18(27)26-20-23-9-7-15(25-20)14(11-21)19-24-16-4-2-3-5-17(16)28-19/h2-5,7,9,12-14,22H,6,8,10H2,1H3,(H,23,25,26,27).